The maximum atomic E-state index is 2.41. The number of para-hydroxylation sites is 3. The molecule has 0 spiro atoms. The monoisotopic (exact) mass is 718 g/mol. The van der Waals surface area contributed by atoms with Crippen molar-refractivity contribution in [2.75, 3.05) is 4.90 Å². The van der Waals surface area contributed by atoms with Gasteiger partial charge in [-0.2, -0.15) is 0 Å². The van der Waals surface area contributed by atoms with E-state index in [4.69, 9.17) is 0 Å². The maximum absolute atomic E-state index is 2.41. The fourth-order valence-corrected chi connectivity index (χ4v) is 8.74. The number of aryl methyl sites for hydroxylation is 2. The zero-order valence-corrected chi connectivity index (χ0v) is 31.3. The number of benzene rings is 8. The van der Waals surface area contributed by atoms with Gasteiger partial charge in [0.2, 0.25) is 0 Å². The third kappa shape index (κ3) is 5.00. The molecule has 0 aliphatic heterocycles. The maximum Gasteiger partial charge on any atom is 0.0548 e. The number of nitrogens with zero attached hydrogens (tertiary/aromatic N) is 4. The van der Waals surface area contributed by atoms with Gasteiger partial charge in [-0.3, -0.25) is 0 Å². The van der Waals surface area contributed by atoms with Crippen LogP contribution >= 0.6 is 0 Å². The van der Waals surface area contributed by atoms with E-state index in [2.05, 4.69) is 227 Å². The third-order valence-corrected chi connectivity index (χ3v) is 11.4. The minimum absolute atomic E-state index is 1.10. The van der Waals surface area contributed by atoms with E-state index in [1.165, 1.54) is 71.3 Å². The minimum atomic E-state index is 1.10. The molecular weight excluding hydrogens is 681 g/mol. The van der Waals surface area contributed by atoms with Gasteiger partial charge < -0.3 is 18.6 Å². The Morgan fingerprint density at radius 3 is 1.54 bits per heavy atom. The molecule has 0 aliphatic carbocycles. The molecule has 0 fully saturated rings. The highest BCUT2D eigenvalue weighted by Gasteiger charge is 2.20. The molecule has 4 nitrogen and oxygen atoms in total. The smallest absolute Gasteiger partial charge is 0.0548 e. The van der Waals surface area contributed by atoms with Crippen molar-refractivity contribution in [3.63, 3.8) is 0 Å². The van der Waals surface area contributed by atoms with E-state index in [0.717, 1.165) is 28.4 Å². The molecular formula is C52H38N4. The van der Waals surface area contributed by atoms with Gasteiger partial charge >= 0.3 is 0 Å². The number of rotatable bonds is 6. The first-order valence-corrected chi connectivity index (χ1v) is 19.3. The van der Waals surface area contributed by atoms with Crippen molar-refractivity contribution in [1.29, 1.82) is 0 Å². The lowest BCUT2D eigenvalue weighted by molar-refractivity contribution is 1.13. The van der Waals surface area contributed by atoms with Crippen molar-refractivity contribution in [1.82, 2.24) is 13.7 Å². The van der Waals surface area contributed by atoms with Gasteiger partial charge in [-0.1, -0.05) is 90.0 Å². The highest BCUT2D eigenvalue weighted by atomic mass is 15.1. The molecule has 11 aromatic rings. The van der Waals surface area contributed by atoms with Crippen molar-refractivity contribution < 1.29 is 0 Å². The molecule has 0 amide bonds. The molecule has 0 unspecified atom stereocenters. The van der Waals surface area contributed by atoms with Crippen molar-refractivity contribution >= 4 is 71.6 Å². The number of aromatic nitrogens is 3. The molecule has 266 valence electrons. The Kier molecular flexibility index (Phi) is 7.26. The first-order chi connectivity index (χ1) is 27.6. The van der Waals surface area contributed by atoms with Gasteiger partial charge in [0, 0.05) is 67.3 Å². The molecule has 8 aromatic carbocycles. The van der Waals surface area contributed by atoms with Gasteiger partial charge in [0.1, 0.15) is 0 Å². The number of hydrogen-bond acceptors (Lipinski definition) is 1. The highest BCUT2D eigenvalue weighted by molar-refractivity contribution is 6.21. The zero-order valence-electron chi connectivity index (χ0n) is 31.3. The Morgan fingerprint density at radius 1 is 0.339 bits per heavy atom. The van der Waals surface area contributed by atoms with Gasteiger partial charge in [-0.15, -0.1) is 0 Å². The molecule has 56 heavy (non-hydrogen) atoms. The summed E-state index contributed by atoms with van der Waals surface area (Å²) in [5, 5.41) is 6.25. The molecule has 0 radical (unpaired) electrons. The van der Waals surface area contributed by atoms with Crippen molar-refractivity contribution in [2.45, 2.75) is 13.8 Å². The van der Waals surface area contributed by atoms with E-state index in [1.807, 2.05) is 0 Å². The van der Waals surface area contributed by atoms with Crippen LogP contribution in [0.5, 0.6) is 0 Å². The summed E-state index contributed by atoms with van der Waals surface area (Å²) in [4.78, 5) is 2.38. The molecule has 0 saturated carbocycles. The van der Waals surface area contributed by atoms with E-state index >= 15 is 0 Å². The molecule has 0 N–H and O–H groups in total. The standard InChI is InChI=1S/C52H38N4/c1-35-16-20-38(21-17-35)54(42-28-29-50-46(34-42)43-12-6-8-14-48(43)55(50)40-22-18-36(2)19-23-40)39-24-26-41(27-25-39)56-49-15-9-7-13-44(49)52-45-32-33-53(37-10-4-3-5-11-37)47(45)30-31-51(52)56/h3-34H,1-2H3. The zero-order chi connectivity index (χ0) is 37.3. The summed E-state index contributed by atoms with van der Waals surface area (Å²) in [7, 11) is 0. The molecule has 3 heterocycles. The summed E-state index contributed by atoms with van der Waals surface area (Å²) in [6, 6.07) is 68.6. The van der Waals surface area contributed by atoms with Crippen LogP contribution in [0.15, 0.2) is 194 Å². The van der Waals surface area contributed by atoms with Crippen LogP contribution in [0.3, 0.4) is 0 Å². The summed E-state index contributed by atoms with van der Waals surface area (Å²) < 4.78 is 7.08. The van der Waals surface area contributed by atoms with Crippen LogP contribution in [0.1, 0.15) is 11.1 Å². The fraction of sp³-hybridized carbons (Fsp3) is 0.0385. The lowest BCUT2D eigenvalue weighted by atomic mass is 10.1. The number of anilines is 3. The molecule has 3 aromatic heterocycles. The lowest BCUT2D eigenvalue weighted by Crippen LogP contribution is -2.10. The lowest BCUT2D eigenvalue weighted by Gasteiger charge is -2.26. The summed E-state index contributed by atoms with van der Waals surface area (Å²) in [6.07, 6.45) is 2.19. The second-order valence-corrected chi connectivity index (χ2v) is 14.8. The fourth-order valence-electron chi connectivity index (χ4n) is 8.74. The molecule has 4 heteroatoms. The van der Waals surface area contributed by atoms with Crippen LogP contribution in [0.25, 0.3) is 71.6 Å². The average Bonchev–Trinajstić information content (AvgIpc) is 3.93. The highest BCUT2D eigenvalue weighted by Crippen LogP contribution is 2.42. The van der Waals surface area contributed by atoms with Crippen molar-refractivity contribution in [2.24, 2.45) is 0 Å². The van der Waals surface area contributed by atoms with Gasteiger partial charge in [-0.05, 0) is 123 Å². The minimum Gasteiger partial charge on any atom is -0.317 e. The van der Waals surface area contributed by atoms with E-state index < -0.39 is 0 Å². The SMILES string of the molecule is Cc1ccc(N(c2ccc(-n3c4ccccc4c4c5ccn(-c6ccccc6)c5ccc43)cc2)c2ccc3c(c2)c2ccccc2n3-c2ccc(C)cc2)cc1. The first kappa shape index (κ1) is 32.2. The predicted molar refractivity (Wildman–Crippen MR) is 236 cm³/mol. The van der Waals surface area contributed by atoms with Crippen LogP contribution in [0.2, 0.25) is 0 Å². The average molecular weight is 719 g/mol. The molecule has 11 rings (SSSR count). The first-order valence-electron chi connectivity index (χ1n) is 19.3. The van der Waals surface area contributed by atoms with E-state index in [9.17, 15) is 0 Å². The second-order valence-electron chi connectivity index (χ2n) is 14.8. The van der Waals surface area contributed by atoms with Gasteiger partial charge in [0.15, 0.2) is 0 Å². The number of hydrogen-bond donors (Lipinski definition) is 0. The summed E-state index contributed by atoms with van der Waals surface area (Å²) >= 11 is 0. The Balaban J connectivity index is 1.06. The Hall–Kier alpha value is -7.30. The normalized spacial score (nSPS) is 11.8. The van der Waals surface area contributed by atoms with Gasteiger partial charge in [-0.25, -0.2) is 0 Å². The largest absolute Gasteiger partial charge is 0.317 e. The molecule has 0 saturated heterocycles. The van der Waals surface area contributed by atoms with Crippen LogP contribution < -0.4 is 4.90 Å². The molecule has 0 atom stereocenters. The Labute approximate surface area is 325 Å². The topological polar surface area (TPSA) is 18.0 Å². The van der Waals surface area contributed by atoms with E-state index in [0.29, 0.717) is 0 Å². The number of fused-ring (bicyclic) bond motifs is 8. The van der Waals surface area contributed by atoms with Crippen LogP contribution in [0, 0.1) is 13.8 Å². The van der Waals surface area contributed by atoms with E-state index in [-0.39, 0.29) is 0 Å². The van der Waals surface area contributed by atoms with Gasteiger partial charge in [0.25, 0.3) is 0 Å². The Morgan fingerprint density at radius 2 is 0.821 bits per heavy atom. The van der Waals surface area contributed by atoms with Crippen molar-refractivity contribution in [3.8, 4) is 17.1 Å². The Bertz CT molecular complexity index is 3230. The quantitative estimate of drug-likeness (QED) is 0.167. The van der Waals surface area contributed by atoms with Gasteiger partial charge in [0.05, 0.1) is 27.6 Å². The van der Waals surface area contributed by atoms with Crippen LogP contribution in [-0.4, -0.2) is 13.7 Å². The summed E-state index contributed by atoms with van der Waals surface area (Å²) in [5.41, 5.74) is 15.3. The predicted octanol–water partition coefficient (Wildman–Crippen LogP) is 13.9. The summed E-state index contributed by atoms with van der Waals surface area (Å²) in [5.74, 6) is 0. The summed E-state index contributed by atoms with van der Waals surface area (Å²) in [6.45, 7) is 4.28. The van der Waals surface area contributed by atoms with Crippen LogP contribution in [-0.2, 0) is 0 Å². The van der Waals surface area contributed by atoms with Crippen LogP contribution in [0.4, 0.5) is 17.1 Å². The van der Waals surface area contributed by atoms with Crippen molar-refractivity contribution in [3.05, 3.63) is 205 Å². The molecule has 0 bridgehead atoms. The third-order valence-electron chi connectivity index (χ3n) is 11.4. The second kappa shape index (κ2) is 12.6. The molecule has 0 aliphatic rings. The van der Waals surface area contributed by atoms with E-state index in [1.54, 1.807) is 0 Å².